The van der Waals surface area contributed by atoms with Crippen molar-refractivity contribution >= 4 is 17.3 Å². The van der Waals surface area contributed by atoms with Gasteiger partial charge in [0.15, 0.2) is 0 Å². The summed E-state index contributed by atoms with van der Waals surface area (Å²) in [7, 11) is 4.02. The predicted molar refractivity (Wildman–Crippen MR) is 89.9 cm³/mol. The van der Waals surface area contributed by atoms with E-state index in [0.29, 0.717) is 6.04 Å². The topological polar surface area (TPSA) is 28.2 Å². The van der Waals surface area contributed by atoms with Gasteiger partial charge in [-0.25, -0.2) is 0 Å². The van der Waals surface area contributed by atoms with E-state index >= 15 is 0 Å². The molecule has 21 heavy (non-hydrogen) atoms. The Labute approximate surface area is 132 Å². The predicted octanol–water partition coefficient (Wildman–Crippen LogP) is 4.04. The van der Waals surface area contributed by atoms with Gasteiger partial charge in [0, 0.05) is 24.7 Å². The molecule has 1 N–H and O–H groups in total. The lowest BCUT2D eigenvalue weighted by Crippen LogP contribution is -2.19. The van der Waals surface area contributed by atoms with Crippen LogP contribution >= 0.6 is 11.6 Å². The number of rotatable bonds is 6. The molecular formula is C17H22ClN3. The Morgan fingerprint density at radius 3 is 2.57 bits per heavy atom. The first-order valence-corrected chi connectivity index (χ1v) is 7.61. The molecule has 4 heteroatoms. The summed E-state index contributed by atoms with van der Waals surface area (Å²) in [6, 6.07) is 12.4. The third-order valence-corrected chi connectivity index (χ3v) is 4.06. The number of hydrogen-bond acceptors (Lipinski definition) is 3. The Morgan fingerprint density at radius 1 is 1.24 bits per heavy atom. The first-order valence-electron chi connectivity index (χ1n) is 7.23. The van der Waals surface area contributed by atoms with E-state index in [1.807, 2.05) is 31.4 Å². The van der Waals surface area contributed by atoms with Crippen LogP contribution < -0.4 is 10.2 Å². The number of halogens is 1. The summed E-state index contributed by atoms with van der Waals surface area (Å²) < 4.78 is 0. The van der Waals surface area contributed by atoms with Crippen LogP contribution in [0.5, 0.6) is 0 Å². The average molecular weight is 304 g/mol. The lowest BCUT2D eigenvalue weighted by atomic mass is 10.1. The Bertz CT molecular complexity index is 565. The number of nitrogens with zero attached hydrogens (tertiary/aromatic N) is 2. The van der Waals surface area contributed by atoms with Crippen molar-refractivity contribution in [3.8, 4) is 0 Å². The van der Waals surface area contributed by atoms with Crippen molar-refractivity contribution in [3.05, 3.63) is 58.9 Å². The molecular weight excluding hydrogens is 282 g/mol. The normalized spacial score (nSPS) is 12.2. The first kappa shape index (κ1) is 15.8. The van der Waals surface area contributed by atoms with Crippen molar-refractivity contribution in [3.63, 3.8) is 0 Å². The third-order valence-electron chi connectivity index (χ3n) is 3.69. The fourth-order valence-corrected chi connectivity index (χ4v) is 2.56. The highest BCUT2D eigenvalue weighted by atomic mass is 35.5. The van der Waals surface area contributed by atoms with Gasteiger partial charge in [-0.2, -0.15) is 0 Å². The molecule has 0 spiro atoms. The fourth-order valence-electron chi connectivity index (χ4n) is 2.36. The second-order valence-electron chi connectivity index (χ2n) is 5.14. The molecule has 2 rings (SSSR count). The average Bonchev–Trinajstić information content (AvgIpc) is 2.51. The Hall–Kier alpha value is -1.58. The molecule has 0 aliphatic carbocycles. The van der Waals surface area contributed by atoms with Crippen LogP contribution in [-0.2, 0) is 6.54 Å². The van der Waals surface area contributed by atoms with E-state index < -0.39 is 0 Å². The Kier molecular flexibility index (Phi) is 5.59. The van der Waals surface area contributed by atoms with Crippen molar-refractivity contribution in [2.75, 3.05) is 19.0 Å². The van der Waals surface area contributed by atoms with Crippen molar-refractivity contribution in [2.24, 2.45) is 0 Å². The third kappa shape index (κ3) is 3.96. The zero-order valence-corrected chi connectivity index (χ0v) is 13.6. The van der Waals surface area contributed by atoms with Gasteiger partial charge >= 0.3 is 0 Å². The van der Waals surface area contributed by atoms with Gasteiger partial charge in [0.05, 0.1) is 17.6 Å². The minimum atomic E-state index is 0.313. The molecule has 0 amide bonds. The van der Waals surface area contributed by atoms with Crippen LogP contribution in [0.4, 0.5) is 5.69 Å². The summed E-state index contributed by atoms with van der Waals surface area (Å²) >= 11 is 6.21. The summed E-state index contributed by atoms with van der Waals surface area (Å²) in [5.41, 5.74) is 3.28. The standard InChI is InChI=1S/C17H22ClN3/c1-4-16(19-2)17-10-9-14(11-20-17)21(3)12-13-7-5-6-8-15(13)18/h5-11,16,19H,4,12H2,1-3H3. The molecule has 112 valence electrons. The van der Waals surface area contributed by atoms with E-state index in [1.165, 1.54) is 0 Å². The van der Waals surface area contributed by atoms with Crippen LogP contribution in [0.1, 0.15) is 30.6 Å². The van der Waals surface area contributed by atoms with Gasteiger partial charge in [-0.05, 0) is 37.2 Å². The molecule has 0 saturated carbocycles. The highest BCUT2D eigenvalue weighted by Crippen LogP contribution is 2.21. The van der Waals surface area contributed by atoms with Gasteiger partial charge < -0.3 is 10.2 Å². The van der Waals surface area contributed by atoms with Crippen LogP contribution in [0.25, 0.3) is 0 Å². The SMILES string of the molecule is CCC(NC)c1ccc(N(C)Cc2ccccc2Cl)cn1. The quantitative estimate of drug-likeness (QED) is 0.873. The number of aromatic nitrogens is 1. The maximum atomic E-state index is 6.21. The van der Waals surface area contributed by atoms with E-state index in [4.69, 9.17) is 11.6 Å². The number of hydrogen-bond donors (Lipinski definition) is 1. The van der Waals surface area contributed by atoms with E-state index in [-0.39, 0.29) is 0 Å². The smallest absolute Gasteiger partial charge is 0.0574 e. The van der Waals surface area contributed by atoms with Gasteiger partial charge in [-0.3, -0.25) is 4.98 Å². The molecule has 1 heterocycles. The summed E-state index contributed by atoms with van der Waals surface area (Å²) in [6.07, 6.45) is 2.95. The minimum Gasteiger partial charge on any atom is -0.369 e. The molecule has 3 nitrogen and oxygen atoms in total. The van der Waals surface area contributed by atoms with Crippen molar-refractivity contribution in [1.82, 2.24) is 10.3 Å². The second kappa shape index (κ2) is 7.43. The van der Waals surface area contributed by atoms with Crippen molar-refractivity contribution < 1.29 is 0 Å². The number of anilines is 1. The van der Waals surface area contributed by atoms with Crippen LogP contribution in [0.2, 0.25) is 5.02 Å². The van der Waals surface area contributed by atoms with Crippen molar-refractivity contribution in [1.29, 1.82) is 0 Å². The first-order chi connectivity index (χ1) is 10.2. The largest absolute Gasteiger partial charge is 0.369 e. The Morgan fingerprint density at radius 2 is 2.00 bits per heavy atom. The molecule has 0 aliphatic rings. The molecule has 1 atom stereocenters. The summed E-state index contributed by atoms with van der Waals surface area (Å²) in [4.78, 5) is 6.72. The number of benzene rings is 1. The van der Waals surface area contributed by atoms with E-state index in [2.05, 4.69) is 47.4 Å². The van der Waals surface area contributed by atoms with E-state index in [0.717, 1.165) is 34.9 Å². The fraction of sp³-hybridized carbons (Fsp3) is 0.353. The maximum Gasteiger partial charge on any atom is 0.0574 e. The van der Waals surface area contributed by atoms with E-state index in [1.54, 1.807) is 0 Å². The zero-order chi connectivity index (χ0) is 15.2. The second-order valence-corrected chi connectivity index (χ2v) is 5.55. The van der Waals surface area contributed by atoms with Gasteiger partial charge in [0.25, 0.3) is 0 Å². The van der Waals surface area contributed by atoms with Crippen LogP contribution in [0, 0.1) is 0 Å². The molecule has 0 saturated heterocycles. The van der Waals surface area contributed by atoms with Gasteiger partial charge in [-0.1, -0.05) is 36.7 Å². The molecule has 0 radical (unpaired) electrons. The number of pyridine rings is 1. The summed E-state index contributed by atoms with van der Waals surface area (Å²) in [5.74, 6) is 0. The molecule has 0 aliphatic heterocycles. The molecule has 2 aromatic rings. The molecule has 0 bridgehead atoms. The lowest BCUT2D eigenvalue weighted by molar-refractivity contribution is 0.561. The molecule has 1 aromatic heterocycles. The summed E-state index contributed by atoms with van der Waals surface area (Å²) in [5, 5.41) is 4.07. The zero-order valence-electron chi connectivity index (χ0n) is 12.8. The number of nitrogens with one attached hydrogen (secondary N) is 1. The maximum absolute atomic E-state index is 6.21. The van der Waals surface area contributed by atoms with Crippen LogP contribution in [0.3, 0.4) is 0 Å². The monoisotopic (exact) mass is 303 g/mol. The molecule has 0 fully saturated rings. The van der Waals surface area contributed by atoms with E-state index in [9.17, 15) is 0 Å². The molecule has 1 aromatic carbocycles. The highest BCUT2D eigenvalue weighted by Gasteiger charge is 2.09. The van der Waals surface area contributed by atoms with Gasteiger partial charge in [0.1, 0.15) is 0 Å². The van der Waals surface area contributed by atoms with Crippen LogP contribution in [0.15, 0.2) is 42.6 Å². The highest BCUT2D eigenvalue weighted by molar-refractivity contribution is 6.31. The molecule has 1 unspecified atom stereocenters. The van der Waals surface area contributed by atoms with Crippen molar-refractivity contribution in [2.45, 2.75) is 25.9 Å². The Balaban J connectivity index is 2.10. The lowest BCUT2D eigenvalue weighted by Gasteiger charge is -2.21. The van der Waals surface area contributed by atoms with Crippen LogP contribution in [-0.4, -0.2) is 19.1 Å². The van der Waals surface area contributed by atoms with Gasteiger partial charge in [-0.15, -0.1) is 0 Å². The summed E-state index contributed by atoms with van der Waals surface area (Å²) in [6.45, 7) is 2.92. The minimum absolute atomic E-state index is 0.313. The van der Waals surface area contributed by atoms with Gasteiger partial charge in [0.2, 0.25) is 0 Å².